The van der Waals surface area contributed by atoms with E-state index in [-0.39, 0.29) is 28.5 Å². The quantitative estimate of drug-likeness (QED) is 0.275. The molecule has 45 heavy (non-hydrogen) atoms. The molecule has 0 saturated carbocycles. The van der Waals surface area contributed by atoms with Crippen molar-refractivity contribution in [2.45, 2.75) is 31.3 Å². The highest BCUT2D eigenvalue weighted by Gasteiger charge is 2.39. The maximum atomic E-state index is 14.7. The lowest BCUT2D eigenvalue weighted by Gasteiger charge is -2.40. The number of carboxylic acids is 1. The molecule has 2 amide bonds. The van der Waals surface area contributed by atoms with Crippen LogP contribution in [0.1, 0.15) is 50.9 Å². The van der Waals surface area contributed by atoms with E-state index in [1.807, 2.05) is 19.2 Å². The van der Waals surface area contributed by atoms with Crippen molar-refractivity contribution >= 4 is 40.8 Å². The third-order valence-electron chi connectivity index (χ3n) is 8.44. The number of aromatic carboxylic acids is 1. The van der Waals surface area contributed by atoms with Crippen LogP contribution in [0.5, 0.6) is 0 Å². The molecule has 3 N–H and O–H groups in total. The second-order valence-electron chi connectivity index (χ2n) is 11.0. The zero-order valence-corrected chi connectivity index (χ0v) is 25.2. The summed E-state index contributed by atoms with van der Waals surface area (Å²) in [6, 6.07) is 15.5. The van der Waals surface area contributed by atoms with Gasteiger partial charge in [-0.15, -0.1) is 5.10 Å². The lowest BCUT2D eigenvalue weighted by Crippen LogP contribution is -2.46. The molecule has 0 spiro atoms. The number of nitrogens with one attached hydrogen (secondary N) is 2. The van der Waals surface area contributed by atoms with Crippen LogP contribution in [0, 0.1) is 5.82 Å². The van der Waals surface area contributed by atoms with Gasteiger partial charge in [0.1, 0.15) is 11.7 Å². The number of hydrogen-bond donors (Lipinski definition) is 3. The Labute approximate surface area is 263 Å². The Kier molecular flexibility index (Phi) is 8.50. The first-order valence-electron chi connectivity index (χ1n) is 14.6. The van der Waals surface area contributed by atoms with Crippen molar-refractivity contribution in [2.75, 3.05) is 36.9 Å². The SMILES string of the molecule is CNC1CCN(c2cccc3c2CCN(C(=O)c2cn(-c4cccc(Cl)c4F)nn2)[C@H]3C(=O)Nc2ccc(C(=O)O)cc2)CC1. The summed E-state index contributed by atoms with van der Waals surface area (Å²) in [6.45, 7) is 1.95. The number of fused-ring (bicyclic) bond motifs is 1. The van der Waals surface area contributed by atoms with Crippen LogP contribution in [0.3, 0.4) is 0 Å². The van der Waals surface area contributed by atoms with Crippen LogP contribution in [-0.2, 0) is 11.2 Å². The summed E-state index contributed by atoms with van der Waals surface area (Å²) in [7, 11) is 1.97. The number of carboxylic acid groups (broad SMARTS) is 1. The molecule has 3 aromatic carbocycles. The molecule has 0 bridgehead atoms. The summed E-state index contributed by atoms with van der Waals surface area (Å²) in [5.41, 5.74) is 3.16. The molecule has 0 radical (unpaired) electrons. The van der Waals surface area contributed by atoms with Gasteiger partial charge >= 0.3 is 5.97 Å². The number of nitrogens with zero attached hydrogens (tertiary/aromatic N) is 5. The van der Waals surface area contributed by atoms with E-state index in [0.29, 0.717) is 23.7 Å². The van der Waals surface area contributed by atoms with E-state index in [1.165, 1.54) is 47.5 Å². The highest BCUT2D eigenvalue weighted by molar-refractivity contribution is 6.30. The number of benzene rings is 3. The van der Waals surface area contributed by atoms with E-state index in [4.69, 9.17) is 11.6 Å². The molecule has 4 aromatic rings. The maximum Gasteiger partial charge on any atom is 0.335 e. The summed E-state index contributed by atoms with van der Waals surface area (Å²) >= 11 is 5.94. The van der Waals surface area contributed by atoms with E-state index in [2.05, 4.69) is 31.9 Å². The standard InChI is InChI=1S/C32H31ClFN7O4/c1-35-20-12-15-39(16-13-20)26-6-2-4-23-22(26)14-17-40(29(23)30(42)36-21-10-8-19(9-11-21)32(44)45)31(43)25-18-41(38-37-25)27-7-3-5-24(33)28(27)34/h2-11,18,20,29,35H,12-17H2,1H3,(H,36,42)(H,44,45)/t29-/m1/s1. The molecular formula is C32H31ClFN7O4. The average Bonchev–Trinajstić information content (AvgIpc) is 3.55. The Morgan fingerprint density at radius 1 is 0.978 bits per heavy atom. The van der Waals surface area contributed by atoms with E-state index < -0.39 is 29.6 Å². The molecule has 13 heteroatoms. The minimum Gasteiger partial charge on any atom is -0.478 e. The van der Waals surface area contributed by atoms with Crippen molar-refractivity contribution in [1.82, 2.24) is 25.2 Å². The third kappa shape index (κ3) is 5.98. The number of carbonyl (C=O) groups is 3. The van der Waals surface area contributed by atoms with Crippen LogP contribution < -0.4 is 15.5 Å². The fourth-order valence-electron chi connectivity index (χ4n) is 6.06. The molecule has 2 aliphatic rings. The van der Waals surface area contributed by atoms with Crippen molar-refractivity contribution in [1.29, 1.82) is 0 Å². The van der Waals surface area contributed by atoms with Crippen LogP contribution >= 0.6 is 11.6 Å². The molecule has 232 valence electrons. The minimum absolute atomic E-state index is 0.0313. The van der Waals surface area contributed by atoms with Crippen molar-refractivity contribution in [3.05, 3.63) is 100 Å². The maximum absolute atomic E-state index is 14.7. The number of anilines is 2. The Balaban J connectivity index is 1.34. The van der Waals surface area contributed by atoms with Gasteiger partial charge in [-0.05, 0) is 79.9 Å². The number of carbonyl (C=O) groups excluding carboxylic acids is 2. The first kappa shape index (κ1) is 30.2. The first-order valence-corrected chi connectivity index (χ1v) is 15.0. The molecule has 1 aromatic heterocycles. The van der Waals surface area contributed by atoms with Crippen LogP contribution in [0.15, 0.2) is 66.9 Å². The van der Waals surface area contributed by atoms with Crippen molar-refractivity contribution in [3.8, 4) is 5.69 Å². The van der Waals surface area contributed by atoms with Crippen LogP contribution in [0.2, 0.25) is 5.02 Å². The smallest absolute Gasteiger partial charge is 0.335 e. The molecule has 0 aliphatic carbocycles. The van der Waals surface area contributed by atoms with Crippen molar-refractivity contribution in [2.24, 2.45) is 0 Å². The third-order valence-corrected chi connectivity index (χ3v) is 8.73. The molecular weight excluding hydrogens is 601 g/mol. The lowest BCUT2D eigenvalue weighted by atomic mass is 9.89. The van der Waals surface area contributed by atoms with E-state index in [9.17, 15) is 23.9 Å². The monoisotopic (exact) mass is 631 g/mol. The van der Waals surface area contributed by atoms with Gasteiger partial charge in [0.25, 0.3) is 11.8 Å². The van der Waals surface area contributed by atoms with Gasteiger partial charge in [-0.1, -0.05) is 35.0 Å². The van der Waals surface area contributed by atoms with Gasteiger partial charge in [0, 0.05) is 37.1 Å². The predicted molar refractivity (Wildman–Crippen MR) is 167 cm³/mol. The molecule has 1 atom stereocenters. The van der Waals surface area contributed by atoms with Gasteiger partial charge in [-0.3, -0.25) is 9.59 Å². The molecule has 1 saturated heterocycles. The second-order valence-corrected chi connectivity index (χ2v) is 11.4. The van der Waals surface area contributed by atoms with Crippen LogP contribution in [0.4, 0.5) is 15.8 Å². The van der Waals surface area contributed by atoms with E-state index in [0.717, 1.165) is 41.9 Å². The summed E-state index contributed by atoms with van der Waals surface area (Å²) < 4.78 is 15.8. The summed E-state index contributed by atoms with van der Waals surface area (Å²) in [5.74, 6) is -2.79. The van der Waals surface area contributed by atoms with Crippen molar-refractivity contribution < 1.29 is 23.9 Å². The summed E-state index contributed by atoms with van der Waals surface area (Å²) in [4.78, 5) is 43.1. The van der Waals surface area contributed by atoms with Gasteiger partial charge in [0.05, 0.1) is 16.8 Å². The first-order chi connectivity index (χ1) is 21.7. The molecule has 3 heterocycles. The lowest BCUT2D eigenvalue weighted by molar-refractivity contribution is -0.121. The molecule has 1 fully saturated rings. The molecule has 11 nitrogen and oxygen atoms in total. The Hall–Kier alpha value is -4.81. The average molecular weight is 632 g/mol. The number of piperidine rings is 1. The minimum atomic E-state index is -1.08. The van der Waals surface area contributed by atoms with Gasteiger partial charge < -0.3 is 25.5 Å². The number of rotatable bonds is 7. The topological polar surface area (TPSA) is 133 Å². The Morgan fingerprint density at radius 2 is 1.69 bits per heavy atom. The number of amides is 2. The number of halogens is 2. The largest absolute Gasteiger partial charge is 0.478 e. The van der Waals surface area contributed by atoms with Gasteiger partial charge in [0.2, 0.25) is 0 Å². The van der Waals surface area contributed by atoms with Gasteiger partial charge in [-0.25, -0.2) is 13.9 Å². The van der Waals surface area contributed by atoms with E-state index >= 15 is 0 Å². The Morgan fingerprint density at radius 3 is 2.40 bits per heavy atom. The molecule has 6 rings (SSSR count). The molecule has 2 aliphatic heterocycles. The zero-order valence-electron chi connectivity index (χ0n) is 24.4. The van der Waals surface area contributed by atoms with E-state index in [1.54, 1.807) is 6.07 Å². The van der Waals surface area contributed by atoms with Crippen LogP contribution in [-0.4, -0.2) is 75.5 Å². The fraction of sp³-hybridized carbons (Fsp3) is 0.281. The summed E-state index contributed by atoms with van der Waals surface area (Å²) in [5, 5.41) is 23.3. The highest BCUT2D eigenvalue weighted by atomic mass is 35.5. The number of hydrogen-bond acceptors (Lipinski definition) is 7. The second kappa shape index (κ2) is 12.7. The normalized spacial score (nSPS) is 16.7. The zero-order chi connectivity index (χ0) is 31.7. The van der Waals surface area contributed by atoms with Gasteiger partial charge in [0.15, 0.2) is 11.5 Å². The Bertz CT molecular complexity index is 1750. The summed E-state index contributed by atoms with van der Waals surface area (Å²) in [6.07, 6.45) is 3.81. The highest BCUT2D eigenvalue weighted by Crippen LogP contribution is 2.38. The van der Waals surface area contributed by atoms with Crippen molar-refractivity contribution in [3.63, 3.8) is 0 Å². The molecule has 0 unspecified atom stereocenters. The van der Waals surface area contributed by atoms with Crippen LogP contribution in [0.25, 0.3) is 5.69 Å². The fourth-order valence-corrected chi connectivity index (χ4v) is 6.23. The number of aromatic nitrogens is 3. The van der Waals surface area contributed by atoms with Gasteiger partial charge in [-0.2, -0.15) is 0 Å². The predicted octanol–water partition coefficient (Wildman–Crippen LogP) is 4.32.